The molecule has 1 heterocycles. The zero-order valence-electron chi connectivity index (χ0n) is 12.4. The van der Waals surface area contributed by atoms with E-state index in [4.69, 9.17) is 0 Å². The summed E-state index contributed by atoms with van der Waals surface area (Å²) in [6.07, 6.45) is 0. The van der Waals surface area contributed by atoms with Crippen molar-refractivity contribution in [3.8, 4) is 0 Å². The minimum absolute atomic E-state index is 0.0846. The summed E-state index contributed by atoms with van der Waals surface area (Å²) in [6.45, 7) is 6.30. The summed E-state index contributed by atoms with van der Waals surface area (Å²) in [7, 11) is 0. The topological polar surface area (TPSA) is 41.1 Å². The number of carbonyl (C=O) groups excluding carboxylic acids is 1. The van der Waals surface area contributed by atoms with Crippen LogP contribution in [0.5, 0.6) is 0 Å². The predicted octanol–water partition coefficient (Wildman–Crippen LogP) is 3.79. The van der Waals surface area contributed by atoms with Crippen LogP contribution in [0.15, 0.2) is 30.3 Å². The van der Waals surface area contributed by atoms with Crippen LogP contribution in [0.1, 0.15) is 28.3 Å². The molecule has 0 aliphatic rings. The van der Waals surface area contributed by atoms with Crippen molar-refractivity contribution in [2.24, 2.45) is 0 Å². The number of hydrogen-bond donors (Lipinski definition) is 2. The molecule has 21 heavy (non-hydrogen) atoms. The zero-order chi connectivity index (χ0) is 15.4. The molecule has 0 saturated carbocycles. The highest BCUT2D eigenvalue weighted by atomic mass is 32.1. The highest BCUT2D eigenvalue weighted by molar-refractivity contribution is 7.12. The van der Waals surface area contributed by atoms with Gasteiger partial charge in [-0.2, -0.15) is 0 Å². The van der Waals surface area contributed by atoms with Gasteiger partial charge in [0.1, 0.15) is 5.82 Å². The third-order valence-corrected chi connectivity index (χ3v) is 4.24. The number of anilines is 1. The van der Waals surface area contributed by atoms with Crippen molar-refractivity contribution in [3.63, 3.8) is 0 Å². The lowest BCUT2D eigenvalue weighted by molar-refractivity contribution is -0.115. The quantitative estimate of drug-likeness (QED) is 0.882. The first-order chi connectivity index (χ1) is 9.97. The summed E-state index contributed by atoms with van der Waals surface area (Å²) < 4.78 is 13.4. The van der Waals surface area contributed by atoms with Crippen molar-refractivity contribution in [1.29, 1.82) is 0 Å². The number of aryl methyl sites for hydroxylation is 2. The van der Waals surface area contributed by atoms with Gasteiger partial charge in [0.15, 0.2) is 0 Å². The first kappa shape index (κ1) is 15.7. The summed E-state index contributed by atoms with van der Waals surface area (Å²) in [5.74, 6) is -0.681. The van der Waals surface area contributed by atoms with E-state index in [0.717, 1.165) is 0 Å². The molecule has 0 saturated heterocycles. The van der Waals surface area contributed by atoms with E-state index in [1.54, 1.807) is 29.5 Å². The minimum atomic E-state index is -0.428. The SMILES string of the molecule is Cc1cc(C(C)NCC(=O)Nc2ccccc2F)c(C)s1. The van der Waals surface area contributed by atoms with Gasteiger partial charge in [-0.3, -0.25) is 4.79 Å². The molecule has 5 heteroatoms. The van der Waals surface area contributed by atoms with Gasteiger partial charge in [-0.1, -0.05) is 12.1 Å². The number of para-hydroxylation sites is 1. The van der Waals surface area contributed by atoms with Crippen LogP contribution in [0.2, 0.25) is 0 Å². The lowest BCUT2D eigenvalue weighted by Gasteiger charge is -2.14. The molecule has 1 unspecified atom stereocenters. The largest absolute Gasteiger partial charge is 0.322 e. The fourth-order valence-electron chi connectivity index (χ4n) is 2.19. The third-order valence-electron chi connectivity index (χ3n) is 3.26. The summed E-state index contributed by atoms with van der Waals surface area (Å²) in [6, 6.07) is 8.36. The lowest BCUT2D eigenvalue weighted by Crippen LogP contribution is -2.30. The van der Waals surface area contributed by atoms with E-state index in [1.165, 1.54) is 21.4 Å². The van der Waals surface area contributed by atoms with Crippen LogP contribution in [0.25, 0.3) is 0 Å². The molecular formula is C16H19FN2OS. The Morgan fingerprint density at radius 3 is 2.67 bits per heavy atom. The smallest absolute Gasteiger partial charge is 0.238 e. The molecule has 2 N–H and O–H groups in total. The van der Waals surface area contributed by atoms with E-state index >= 15 is 0 Å². The van der Waals surface area contributed by atoms with E-state index in [2.05, 4.69) is 30.5 Å². The fourth-order valence-corrected chi connectivity index (χ4v) is 3.22. The maximum absolute atomic E-state index is 13.4. The molecule has 112 valence electrons. The van der Waals surface area contributed by atoms with Crippen molar-refractivity contribution in [3.05, 3.63) is 51.5 Å². The van der Waals surface area contributed by atoms with Crippen LogP contribution >= 0.6 is 11.3 Å². The number of halogens is 1. The first-order valence-electron chi connectivity index (χ1n) is 6.82. The second-order valence-corrected chi connectivity index (χ2v) is 6.46. The Morgan fingerprint density at radius 2 is 2.05 bits per heavy atom. The summed E-state index contributed by atoms with van der Waals surface area (Å²) in [5.41, 5.74) is 1.41. The van der Waals surface area contributed by atoms with Crippen molar-refractivity contribution >= 4 is 22.9 Å². The maximum Gasteiger partial charge on any atom is 0.238 e. The van der Waals surface area contributed by atoms with Crippen molar-refractivity contribution < 1.29 is 9.18 Å². The normalized spacial score (nSPS) is 12.2. The molecule has 0 spiro atoms. The third kappa shape index (κ3) is 4.12. The van der Waals surface area contributed by atoms with E-state index in [-0.39, 0.29) is 24.2 Å². The Morgan fingerprint density at radius 1 is 1.33 bits per heavy atom. The highest BCUT2D eigenvalue weighted by Crippen LogP contribution is 2.25. The highest BCUT2D eigenvalue weighted by Gasteiger charge is 2.13. The molecule has 0 aliphatic heterocycles. The second kappa shape index (κ2) is 6.83. The van der Waals surface area contributed by atoms with Gasteiger partial charge < -0.3 is 10.6 Å². The fraction of sp³-hybridized carbons (Fsp3) is 0.312. The number of benzene rings is 1. The lowest BCUT2D eigenvalue weighted by atomic mass is 10.1. The standard InChI is InChI=1S/C16H19FN2OS/c1-10-8-13(12(3)21-10)11(2)18-9-16(20)19-15-7-5-4-6-14(15)17/h4-8,11,18H,9H2,1-3H3,(H,19,20). The van der Waals surface area contributed by atoms with Gasteiger partial charge in [0.2, 0.25) is 5.91 Å². The number of thiophene rings is 1. The first-order valence-corrected chi connectivity index (χ1v) is 7.63. The van der Waals surface area contributed by atoms with Crippen molar-refractivity contribution in [1.82, 2.24) is 5.32 Å². The molecule has 0 radical (unpaired) electrons. The molecule has 1 amide bonds. The Balaban J connectivity index is 1.89. The van der Waals surface area contributed by atoms with E-state index in [0.29, 0.717) is 0 Å². The second-order valence-electron chi connectivity index (χ2n) is 5.00. The number of rotatable bonds is 5. The van der Waals surface area contributed by atoms with Gasteiger partial charge in [-0.05, 0) is 44.5 Å². The van der Waals surface area contributed by atoms with Crippen LogP contribution in [-0.4, -0.2) is 12.5 Å². The van der Waals surface area contributed by atoms with E-state index in [1.807, 2.05) is 6.92 Å². The average molecular weight is 306 g/mol. The van der Waals surface area contributed by atoms with Gasteiger partial charge in [-0.25, -0.2) is 4.39 Å². The summed E-state index contributed by atoms with van der Waals surface area (Å²) in [4.78, 5) is 14.4. The van der Waals surface area contributed by atoms with Crippen LogP contribution in [-0.2, 0) is 4.79 Å². The number of amides is 1. The average Bonchev–Trinajstić information content (AvgIpc) is 2.78. The van der Waals surface area contributed by atoms with Gasteiger partial charge in [0, 0.05) is 15.8 Å². The van der Waals surface area contributed by atoms with Gasteiger partial charge in [0.05, 0.1) is 12.2 Å². The van der Waals surface area contributed by atoms with Crippen molar-refractivity contribution in [2.45, 2.75) is 26.8 Å². The Kier molecular flexibility index (Phi) is 5.09. The zero-order valence-corrected chi connectivity index (χ0v) is 13.2. The number of nitrogens with one attached hydrogen (secondary N) is 2. The van der Waals surface area contributed by atoms with E-state index < -0.39 is 5.82 Å². The molecule has 1 atom stereocenters. The summed E-state index contributed by atoms with van der Waals surface area (Å²) in [5, 5.41) is 5.73. The van der Waals surface area contributed by atoms with Gasteiger partial charge >= 0.3 is 0 Å². The monoisotopic (exact) mass is 306 g/mol. The van der Waals surface area contributed by atoms with Crippen LogP contribution in [0, 0.1) is 19.7 Å². The predicted molar refractivity (Wildman–Crippen MR) is 85.2 cm³/mol. The molecule has 0 aliphatic carbocycles. The number of carbonyl (C=O) groups is 1. The van der Waals surface area contributed by atoms with Crippen LogP contribution < -0.4 is 10.6 Å². The Labute approximate surface area is 128 Å². The van der Waals surface area contributed by atoms with Gasteiger partial charge in [0.25, 0.3) is 0 Å². The molecule has 2 rings (SSSR count). The summed E-state index contributed by atoms with van der Waals surface area (Å²) >= 11 is 1.75. The molecule has 2 aromatic rings. The molecular weight excluding hydrogens is 287 g/mol. The molecule has 0 fully saturated rings. The van der Waals surface area contributed by atoms with Crippen molar-refractivity contribution in [2.75, 3.05) is 11.9 Å². The maximum atomic E-state index is 13.4. The van der Waals surface area contributed by atoms with E-state index in [9.17, 15) is 9.18 Å². The van der Waals surface area contributed by atoms with Crippen LogP contribution in [0.3, 0.4) is 0 Å². The molecule has 1 aromatic carbocycles. The molecule has 0 bridgehead atoms. The molecule has 1 aromatic heterocycles. The Bertz CT molecular complexity index is 639. The van der Waals surface area contributed by atoms with Gasteiger partial charge in [-0.15, -0.1) is 11.3 Å². The number of hydrogen-bond acceptors (Lipinski definition) is 3. The van der Waals surface area contributed by atoms with Crippen LogP contribution in [0.4, 0.5) is 10.1 Å². The minimum Gasteiger partial charge on any atom is -0.322 e. The molecule has 3 nitrogen and oxygen atoms in total. The Hall–Kier alpha value is -1.72.